The van der Waals surface area contributed by atoms with E-state index in [1.807, 2.05) is 0 Å². The number of rotatable bonds is 6. The standard InChI is InChI=1S/C15H18N2O2/c1-2-8-17(10-12-6-7-12)15(18)11-19-14-5-3-4-13(16)9-14/h1,3-5,9,12H,6-8,10-11,16H2. The van der Waals surface area contributed by atoms with E-state index >= 15 is 0 Å². The number of anilines is 1. The van der Waals surface area contributed by atoms with E-state index in [4.69, 9.17) is 16.9 Å². The average molecular weight is 258 g/mol. The molecule has 0 bridgehead atoms. The van der Waals surface area contributed by atoms with Crippen molar-refractivity contribution < 1.29 is 9.53 Å². The number of carbonyl (C=O) groups is 1. The third kappa shape index (κ3) is 4.22. The smallest absolute Gasteiger partial charge is 0.261 e. The van der Waals surface area contributed by atoms with Gasteiger partial charge >= 0.3 is 0 Å². The molecule has 19 heavy (non-hydrogen) atoms. The van der Waals surface area contributed by atoms with Crippen LogP contribution in [0, 0.1) is 18.3 Å². The first-order valence-electron chi connectivity index (χ1n) is 6.38. The molecule has 0 aliphatic heterocycles. The maximum Gasteiger partial charge on any atom is 0.261 e. The molecule has 1 amide bonds. The van der Waals surface area contributed by atoms with E-state index in [0.29, 0.717) is 23.9 Å². The Hall–Kier alpha value is -2.15. The molecule has 0 heterocycles. The van der Waals surface area contributed by atoms with Gasteiger partial charge in [-0.25, -0.2) is 0 Å². The van der Waals surface area contributed by atoms with Crippen molar-refractivity contribution in [3.63, 3.8) is 0 Å². The lowest BCUT2D eigenvalue weighted by Crippen LogP contribution is -2.36. The molecule has 0 saturated heterocycles. The third-order valence-electron chi connectivity index (χ3n) is 3.03. The van der Waals surface area contributed by atoms with Gasteiger partial charge in [-0.15, -0.1) is 6.42 Å². The molecule has 2 N–H and O–H groups in total. The first kappa shape index (κ1) is 13.3. The molecule has 1 aliphatic rings. The van der Waals surface area contributed by atoms with Crippen LogP contribution in [0.5, 0.6) is 5.75 Å². The van der Waals surface area contributed by atoms with Crippen LogP contribution < -0.4 is 10.5 Å². The predicted octanol–water partition coefficient (Wildman–Crippen LogP) is 1.52. The number of ether oxygens (including phenoxy) is 1. The molecule has 0 unspecified atom stereocenters. The summed E-state index contributed by atoms with van der Waals surface area (Å²) in [6, 6.07) is 7.03. The number of carbonyl (C=O) groups excluding carboxylic acids is 1. The van der Waals surface area contributed by atoms with Crippen molar-refractivity contribution in [1.29, 1.82) is 0 Å². The Bertz CT molecular complexity index is 489. The van der Waals surface area contributed by atoms with Gasteiger partial charge in [0, 0.05) is 18.3 Å². The number of hydrogen-bond acceptors (Lipinski definition) is 3. The summed E-state index contributed by atoms with van der Waals surface area (Å²) in [5.74, 6) is 3.66. The maximum absolute atomic E-state index is 12.0. The van der Waals surface area contributed by atoms with Crippen molar-refractivity contribution in [2.75, 3.05) is 25.4 Å². The summed E-state index contributed by atoms with van der Waals surface area (Å²) in [6.07, 6.45) is 7.66. The number of amides is 1. The zero-order valence-corrected chi connectivity index (χ0v) is 10.8. The van der Waals surface area contributed by atoms with Crippen LogP contribution in [0.2, 0.25) is 0 Å². The summed E-state index contributed by atoms with van der Waals surface area (Å²) in [5.41, 5.74) is 6.26. The number of nitrogens with zero attached hydrogens (tertiary/aromatic N) is 1. The fourth-order valence-corrected chi connectivity index (χ4v) is 1.82. The Morgan fingerprint density at radius 2 is 2.32 bits per heavy atom. The van der Waals surface area contributed by atoms with Crippen molar-refractivity contribution in [3.8, 4) is 18.1 Å². The van der Waals surface area contributed by atoms with E-state index in [1.54, 1.807) is 29.2 Å². The summed E-state index contributed by atoms with van der Waals surface area (Å²) in [6.45, 7) is 1.08. The average Bonchev–Trinajstić information content (AvgIpc) is 3.19. The number of nitrogen functional groups attached to an aromatic ring is 1. The van der Waals surface area contributed by atoms with Gasteiger partial charge in [-0.2, -0.15) is 0 Å². The van der Waals surface area contributed by atoms with Gasteiger partial charge in [0.05, 0.1) is 6.54 Å². The molecule has 1 fully saturated rings. The molecule has 0 aromatic heterocycles. The quantitative estimate of drug-likeness (QED) is 0.621. The molecule has 1 aliphatic carbocycles. The van der Waals surface area contributed by atoms with Gasteiger partial charge in [0.2, 0.25) is 0 Å². The molecule has 0 spiro atoms. The molecular formula is C15H18N2O2. The first-order valence-corrected chi connectivity index (χ1v) is 6.38. The molecule has 1 aromatic rings. The zero-order valence-electron chi connectivity index (χ0n) is 10.8. The van der Waals surface area contributed by atoms with Gasteiger partial charge in [0.1, 0.15) is 5.75 Å². The maximum atomic E-state index is 12.0. The van der Waals surface area contributed by atoms with Crippen molar-refractivity contribution in [3.05, 3.63) is 24.3 Å². The Kier molecular flexibility index (Phi) is 4.30. The van der Waals surface area contributed by atoms with Gasteiger partial charge in [-0.05, 0) is 30.9 Å². The minimum atomic E-state index is -0.0766. The van der Waals surface area contributed by atoms with E-state index in [2.05, 4.69) is 5.92 Å². The molecule has 2 rings (SSSR count). The SMILES string of the molecule is C#CCN(CC1CC1)C(=O)COc1cccc(N)c1. The second-order valence-electron chi connectivity index (χ2n) is 4.78. The number of benzene rings is 1. The topological polar surface area (TPSA) is 55.6 Å². The van der Waals surface area contributed by atoms with Gasteiger partial charge in [-0.1, -0.05) is 12.0 Å². The van der Waals surface area contributed by atoms with Crippen LogP contribution in [0.15, 0.2) is 24.3 Å². The normalized spacial score (nSPS) is 13.6. The van der Waals surface area contributed by atoms with Crippen LogP contribution in [0.25, 0.3) is 0 Å². The van der Waals surface area contributed by atoms with Crippen LogP contribution in [-0.4, -0.2) is 30.5 Å². The predicted molar refractivity (Wildman–Crippen MR) is 74.5 cm³/mol. The van der Waals surface area contributed by atoms with Crippen LogP contribution in [-0.2, 0) is 4.79 Å². The first-order chi connectivity index (χ1) is 9.19. The van der Waals surface area contributed by atoms with Crippen LogP contribution in [0.1, 0.15) is 12.8 Å². The lowest BCUT2D eigenvalue weighted by Gasteiger charge is -2.20. The minimum Gasteiger partial charge on any atom is -0.484 e. The monoisotopic (exact) mass is 258 g/mol. The van der Waals surface area contributed by atoms with Gasteiger partial charge in [0.15, 0.2) is 6.61 Å². The van der Waals surface area contributed by atoms with E-state index < -0.39 is 0 Å². The van der Waals surface area contributed by atoms with E-state index in [1.165, 1.54) is 12.8 Å². The van der Waals surface area contributed by atoms with Gasteiger partial charge in [-0.3, -0.25) is 4.79 Å². The largest absolute Gasteiger partial charge is 0.484 e. The second-order valence-corrected chi connectivity index (χ2v) is 4.78. The number of terminal acetylenes is 1. The zero-order chi connectivity index (χ0) is 13.7. The minimum absolute atomic E-state index is 0.00213. The molecular weight excluding hydrogens is 240 g/mol. The molecule has 0 atom stereocenters. The van der Waals surface area contributed by atoms with Gasteiger partial charge < -0.3 is 15.4 Å². The van der Waals surface area contributed by atoms with Crippen LogP contribution in [0.4, 0.5) is 5.69 Å². The number of hydrogen-bond donors (Lipinski definition) is 1. The summed E-state index contributed by atoms with van der Waals surface area (Å²) < 4.78 is 5.44. The second kappa shape index (κ2) is 6.14. The third-order valence-corrected chi connectivity index (χ3v) is 3.03. The Labute approximate surface area is 113 Å². The van der Waals surface area contributed by atoms with Crippen molar-refractivity contribution >= 4 is 11.6 Å². The van der Waals surface area contributed by atoms with Crippen molar-refractivity contribution in [1.82, 2.24) is 4.90 Å². The van der Waals surface area contributed by atoms with Crippen molar-refractivity contribution in [2.24, 2.45) is 5.92 Å². The van der Waals surface area contributed by atoms with Crippen LogP contribution >= 0.6 is 0 Å². The molecule has 1 saturated carbocycles. The van der Waals surface area contributed by atoms with Crippen molar-refractivity contribution in [2.45, 2.75) is 12.8 Å². The Morgan fingerprint density at radius 3 is 2.95 bits per heavy atom. The van der Waals surface area contributed by atoms with E-state index in [0.717, 1.165) is 6.54 Å². The Morgan fingerprint density at radius 1 is 1.53 bits per heavy atom. The summed E-state index contributed by atoms with van der Waals surface area (Å²) in [4.78, 5) is 13.7. The molecule has 4 heteroatoms. The fourth-order valence-electron chi connectivity index (χ4n) is 1.82. The highest BCUT2D eigenvalue weighted by molar-refractivity contribution is 5.78. The Balaban J connectivity index is 1.86. The molecule has 100 valence electrons. The molecule has 4 nitrogen and oxygen atoms in total. The highest BCUT2D eigenvalue weighted by Gasteiger charge is 2.26. The number of nitrogens with two attached hydrogens (primary N) is 1. The summed E-state index contributed by atoms with van der Waals surface area (Å²) >= 11 is 0. The summed E-state index contributed by atoms with van der Waals surface area (Å²) in [5, 5.41) is 0. The molecule has 1 aromatic carbocycles. The highest BCUT2D eigenvalue weighted by Crippen LogP contribution is 2.29. The van der Waals surface area contributed by atoms with E-state index in [9.17, 15) is 4.79 Å². The summed E-state index contributed by atoms with van der Waals surface area (Å²) in [7, 11) is 0. The lowest BCUT2D eigenvalue weighted by atomic mass is 10.3. The highest BCUT2D eigenvalue weighted by atomic mass is 16.5. The van der Waals surface area contributed by atoms with E-state index in [-0.39, 0.29) is 12.5 Å². The molecule has 0 radical (unpaired) electrons. The lowest BCUT2D eigenvalue weighted by molar-refractivity contribution is -0.133. The van der Waals surface area contributed by atoms with Gasteiger partial charge in [0.25, 0.3) is 5.91 Å². The fraction of sp³-hybridized carbons (Fsp3) is 0.400. The van der Waals surface area contributed by atoms with Crippen LogP contribution in [0.3, 0.4) is 0 Å².